The molecule has 110 valence electrons. The molecule has 1 aromatic carbocycles. The molecule has 0 bridgehead atoms. The van der Waals surface area contributed by atoms with E-state index in [1.165, 1.54) is 0 Å². The minimum atomic E-state index is -0.430. The highest BCUT2D eigenvalue weighted by Crippen LogP contribution is 2.27. The number of nitriles is 1. The highest BCUT2D eigenvalue weighted by Gasteiger charge is 2.12. The van der Waals surface area contributed by atoms with Gasteiger partial charge in [-0.3, -0.25) is 5.32 Å². The number of nitrogens with one attached hydrogen (secondary N) is 1. The van der Waals surface area contributed by atoms with Gasteiger partial charge < -0.3 is 13.9 Å². The second kappa shape index (κ2) is 7.36. The predicted octanol–water partition coefficient (Wildman–Crippen LogP) is 2.69. The van der Waals surface area contributed by atoms with Gasteiger partial charge in [-0.2, -0.15) is 5.26 Å². The summed E-state index contributed by atoms with van der Waals surface area (Å²) in [7, 11) is 3.22. The SMILES string of the molecule is COc1ccc(CCN[C@H](C#N)c2ccco2)cc1OC. The fraction of sp³-hybridized carbons (Fsp3) is 0.312. The highest BCUT2D eigenvalue weighted by molar-refractivity contribution is 5.42. The van der Waals surface area contributed by atoms with Crippen molar-refractivity contribution in [2.45, 2.75) is 12.5 Å². The molecule has 0 saturated carbocycles. The first-order chi connectivity index (χ1) is 10.3. The number of hydrogen-bond acceptors (Lipinski definition) is 5. The Morgan fingerprint density at radius 1 is 1.24 bits per heavy atom. The maximum Gasteiger partial charge on any atom is 0.160 e. The Balaban J connectivity index is 1.93. The first-order valence-corrected chi connectivity index (χ1v) is 6.65. The molecule has 5 nitrogen and oxygen atoms in total. The van der Waals surface area contributed by atoms with E-state index in [4.69, 9.17) is 19.2 Å². The topological polar surface area (TPSA) is 67.4 Å². The van der Waals surface area contributed by atoms with Crippen LogP contribution in [0.3, 0.4) is 0 Å². The maximum atomic E-state index is 9.14. The number of ether oxygens (including phenoxy) is 2. The molecule has 2 aromatic rings. The number of furan rings is 1. The molecule has 0 unspecified atom stereocenters. The molecule has 0 aliphatic carbocycles. The van der Waals surface area contributed by atoms with E-state index in [2.05, 4.69) is 11.4 Å². The van der Waals surface area contributed by atoms with Crippen molar-refractivity contribution in [3.63, 3.8) is 0 Å². The van der Waals surface area contributed by atoms with E-state index >= 15 is 0 Å². The largest absolute Gasteiger partial charge is 0.493 e. The Hall–Kier alpha value is -2.45. The lowest BCUT2D eigenvalue weighted by Crippen LogP contribution is -2.22. The molecule has 0 amide bonds. The fourth-order valence-electron chi connectivity index (χ4n) is 2.06. The van der Waals surface area contributed by atoms with Crippen LogP contribution in [0.1, 0.15) is 17.4 Å². The lowest BCUT2D eigenvalue weighted by atomic mass is 10.1. The summed E-state index contributed by atoms with van der Waals surface area (Å²) in [5, 5.41) is 12.3. The lowest BCUT2D eigenvalue weighted by molar-refractivity contribution is 0.354. The molecule has 0 saturated heterocycles. The molecule has 5 heteroatoms. The molecule has 1 aromatic heterocycles. The molecule has 1 N–H and O–H groups in total. The van der Waals surface area contributed by atoms with E-state index in [1.54, 1.807) is 32.6 Å². The zero-order valence-electron chi connectivity index (χ0n) is 12.1. The molecule has 21 heavy (non-hydrogen) atoms. The molecule has 0 aliphatic heterocycles. The normalized spacial score (nSPS) is 11.7. The Labute approximate surface area is 124 Å². The number of methoxy groups -OCH3 is 2. The third-order valence-electron chi connectivity index (χ3n) is 3.17. The fourth-order valence-corrected chi connectivity index (χ4v) is 2.06. The molecule has 0 aliphatic rings. The van der Waals surface area contributed by atoms with Gasteiger partial charge in [0.15, 0.2) is 17.5 Å². The first-order valence-electron chi connectivity index (χ1n) is 6.65. The van der Waals surface area contributed by atoms with Crippen molar-refractivity contribution in [1.29, 1.82) is 5.26 Å². The Kier molecular flexibility index (Phi) is 5.24. The lowest BCUT2D eigenvalue weighted by Gasteiger charge is -2.11. The van der Waals surface area contributed by atoms with Crippen LogP contribution in [0, 0.1) is 11.3 Å². The zero-order valence-corrected chi connectivity index (χ0v) is 12.1. The van der Waals surface area contributed by atoms with E-state index in [0.717, 1.165) is 12.0 Å². The Morgan fingerprint density at radius 2 is 2.05 bits per heavy atom. The van der Waals surface area contributed by atoms with Gasteiger partial charge in [-0.05, 0) is 36.2 Å². The smallest absolute Gasteiger partial charge is 0.160 e. The number of rotatable bonds is 7. The Bertz CT molecular complexity index is 602. The maximum absolute atomic E-state index is 9.14. The number of nitrogens with zero attached hydrogens (tertiary/aromatic N) is 1. The van der Waals surface area contributed by atoms with Gasteiger partial charge in [0.05, 0.1) is 26.6 Å². The summed E-state index contributed by atoms with van der Waals surface area (Å²) < 4.78 is 15.7. The summed E-state index contributed by atoms with van der Waals surface area (Å²) in [5.41, 5.74) is 1.11. The highest BCUT2D eigenvalue weighted by atomic mass is 16.5. The molecule has 1 atom stereocenters. The van der Waals surface area contributed by atoms with Gasteiger partial charge in [0.1, 0.15) is 5.76 Å². The van der Waals surface area contributed by atoms with Crippen LogP contribution in [0.4, 0.5) is 0 Å². The molecule has 0 fully saturated rings. The summed E-state index contributed by atoms with van der Waals surface area (Å²) in [5.74, 6) is 2.04. The van der Waals surface area contributed by atoms with Gasteiger partial charge in [0.25, 0.3) is 0 Å². The third-order valence-corrected chi connectivity index (χ3v) is 3.17. The molecule has 0 radical (unpaired) electrons. The summed E-state index contributed by atoms with van der Waals surface area (Å²) in [6.07, 6.45) is 2.34. The average molecular weight is 286 g/mol. The predicted molar refractivity (Wildman–Crippen MR) is 78.3 cm³/mol. The zero-order chi connectivity index (χ0) is 15.1. The van der Waals surface area contributed by atoms with Crippen LogP contribution in [0.25, 0.3) is 0 Å². The van der Waals surface area contributed by atoms with Crippen molar-refractivity contribution in [2.24, 2.45) is 0 Å². The number of hydrogen-bond donors (Lipinski definition) is 1. The second-order valence-electron chi connectivity index (χ2n) is 4.47. The quantitative estimate of drug-likeness (QED) is 0.847. The van der Waals surface area contributed by atoms with Gasteiger partial charge in [-0.1, -0.05) is 6.07 Å². The minimum absolute atomic E-state index is 0.430. The van der Waals surface area contributed by atoms with Crippen molar-refractivity contribution < 1.29 is 13.9 Å². The summed E-state index contributed by atoms with van der Waals surface area (Å²) >= 11 is 0. The monoisotopic (exact) mass is 286 g/mol. The van der Waals surface area contributed by atoms with Gasteiger partial charge in [-0.15, -0.1) is 0 Å². The van der Waals surface area contributed by atoms with Crippen molar-refractivity contribution >= 4 is 0 Å². The van der Waals surface area contributed by atoms with Crippen LogP contribution in [0.15, 0.2) is 41.0 Å². The average Bonchev–Trinajstić information content (AvgIpc) is 3.05. The molecule has 0 spiro atoms. The molecule has 2 rings (SSSR count). The molecular formula is C16H18N2O3. The van der Waals surface area contributed by atoms with Crippen LogP contribution in [-0.4, -0.2) is 20.8 Å². The Morgan fingerprint density at radius 3 is 2.67 bits per heavy atom. The third kappa shape index (κ3) is 3.77. The first kappa shape index (κ1) is 14.9. The van der Waals surface area contributed by atoms with Crippen molar-refractivity contribution in [3.8, 4) is 17.6 Å². The molecule has 1 heterocycles. The van der Waals surface area contributed by atoms with Gasteiger partial charge in [0.2, 0.25) is 0 Å². The van der Waals surface area contributed by atoms with Gasteiger partial charge in [-0.25, -0.2) is 0 Å². The summed E-state index contributed by atoms with van der Waals surface area (Å²) in [4.78, 5) is 0. The van der Waals surface area contributed by atoms with E-state index in [1.807, 2.05) is 18.2 Å². The minimum Gasteiger partial charge on any atom is -0.493 e. The van der Waals surface area contributed by atoms with Gasteiger partial charge >= 0.3 is 0 Å². The second-order valence-corrected chi connectivity index (χ2v) is 4.47. The standard InChI is InChI=1S/C16H18N2O3/c1-19-15-6-5-12(10-16(15)20-2)7-8-18-13(11-17)14-4-3-9-21-14/h3-6,9-10,13,18H,7-8H2,1-2H3/t13-/m1/s1. The van der Waals surface area contributed by atoms with Crippen molar-refractivity contribution in [2.75, 3.05) is 20.8 Å². The summed E-state index contributed by atoms with van der Waals surface area (Å²) in [6, 6.07) is 11.1. The van der Waals surface area contributed by atoms with Gasteiger partial charge in [0, 0.05) is 6.54 Å². The van der Waals surface area contributed by atoms with Crippen LogP contribution >= 0.6 is 0 Å². The van der Waals surface area contributed by atoms with Crippen LogP contribution in [0.2, 0.25) is 0 Å². The molecular weight excluding hydrogens is 268 g/mol. The van der Waals surface area contributed by atoms with Crippen LogP contribution in [0.5, 0.6) is 11.5 Å². The van der Waals surface area contributed by atoms with E-state index in [9.17, 15) is 0 Å². The van der Waals surface area contributed by atoms with Crippen molar-refractivity contribution in [3.05, 3.63) is 47.9 Å². The summed E-state index contributed by atoms with van der Waals surface area (Å²) in [6.45, 7) is 0.661. The van der Waals surface area contributed by atoms with E-state index < -0.39 is 6.04 Å². The van der Waals surface area contributed by atoms with Crippen LogP contribution in [-0.2, 0) is 6.42 Å². The van der Waals surface area contributed by atoms with E-state index in [-0.39, 0.29) is 0 Å². The van der Waals surface area contributed by atoms with Crippen molar-refractivity contribution in [1.82, 2.24) is 5.32 Å². The number of benzene rings is 1. The van der Waals surface area contributed by atoms with E-state index in [0.29, 0.717) is 23.8 Å². The van der Waals surface area contributed by atoms with Crippen LogP contribution < -0.4 is 14.8 Å².